The van der Waals surface area contributed by atoms with Crippen molar-refractivity contribution in [2.75, 3.05) is 13.1 Å². The molecule has 0 unspecified atom stereocenters. The number of thiophene rings is 1. The zero-order chi connectivity index (χ0) is 11.5. The Morgan fingerprint density at radius 1 is 1.44 bits per heavy atom. The van der Waals surface area contributed by atoms with Crippen molar-refractivity contribution in [3.05, 3.63) is 21.9 Å². The summed E-state index contributed by atoms with van der Waals surface area (Å²) in [5.41, 5.74) is 2.20. The van der Waals surface area contributed by atoms with Gasteiger partial charge in [-0.05, 0) is 40.6 Å². The second-order valence-corrected chi connectivity index (χ2v) is 4.80. The molecular formula is C11H15NO3S. The average molecular weight is 241 g/mol. The van der Waals surface area contributed by atoms with Gasteiger partial charge in [-0.15, -0.1) is 0 Å². The third-order valence-corrected chi connectivity index (χ3v) is 3.96. The first kappa shape index (κ1) is 11.4. The van der Waals surface area contributed by atoms with Gasteiger partial charge in [0, 0.05) is 13.1 Å². The van der Waals surface area contributed by atoms with Crippen LogP contribution in [-0.4, -0.2) is 34.3 Å². The second-order valence-electron chi connectivity index (χ2n) is 4.05. The minimum atomic E-state index is -0.828. The summed E-state index contributed by atoms with van der Waals surface area (Å²) in [5.74, 6) is 0.406. The van der Waals surface area contributed by atoms with E-state index in [4.69, 9.17) is 5.11 Å². The minimum Gasteiger partial charge on any atom is -0.465 e. The van der Waals surface area contributed by atoms with E-state index in [0.717, 1.165) is 18.4 Å². The molecule has 0 spiro atoms. The number of nitrogens with zero attached hydrogens (tertiary/aromatic N) is 1. The molecule has 1 fully saturated rings. The molecule has 88 valence electrons. The first-order chi connectivity index (χ1) is 7.72. The third kappa shape index (κ3) is 2.20. The highest BCUT2D eigenvalue weighted by Crippen LogP contribution is 2.32. The fourth-order valence-electron chi connectivity index (χ4n) is 2.20. The van der Waals surface area contributed by atoms with Gasteiger partial charge in [0.1, 0.15) is 0 Å². The van der Waals surface area contributed by atoms with Crippen LogP contribution in [0.5, 0.6) is 0 Å². The van der Waals surface area contributed by atoms with E-state index in [-0.39, 0.29) is 6.61 Å². The van der Waals surface area contributed by atoms with Crippen LogP contribution >= 0.6 is 11.3 Å². The van der Waals surface area contributed by atoms with Crippen molar-refractivity contribution < 1.29 is 15.0 Å². The number of carboxylic acid groups (broad SMARTS) is 1. The standard InChI is InChI=1S/C11H15NO3S/c13-5-9-6-16-7-10(9)8-1-3-12(4-2-8)11(14)15/h6-8,13H,1-5H2,(H,14,15). The van der Waals surface area contributed by atoms with Crippen LogP contribution in [0.3, 0.4) is 0 Å². The SMILES string of the molecule is O=C(O)N1CCC(c2cscc2CO)CC1. The summed E-state index contributed by atoms with van der Waals surface area (Å²) in [5, 5.41) is 22.1. The predicted molar refractivity (Wildman–Crippen MR) is 61.8 cm³/mol. The maximum atomic E-state index is 10.8. The summed E-state index contributed by atoms with van der Waals surface area (Å²) >= 11 is 1.60. The minimum absolute atomic E-state index is 0.0813. The van der Waals surface area contributed by atoms with Crippen LogP contribution < -0.4 is 0 Å². The van der Waals surface area contributed by atoms with E-state index in [9.17, 15) is 9.90 Å². The van der Waals surface area contributed by atoms with E-state index in [0.29, 0.717) is 19.0 Å². The molecule has 0 radical (unpaired) electrons. The Bertz CT molecular complexity index is 369. The lowest BCUT2D eigenvalue weighted by Gasteiger charge is -2.30. The molecule has 0 bridgehead atoms. The smallest absolute Gasteiger partial charge is 0.407 e. The predicted octanol–water partition coefficient (Wildman–Crippen LogP) is 2.10. The van der Waals surface area contributed by atoms with Crippen molar-refractivity contribution in [1.29, 1.82) is 0 Å². The van der Waals surface area contributed by atoms with Crippen molar-refractivity contribution in [2.24, 2.45) is 0 Å². The molecular weight excluding hydrogens is 226 g/mol. The van der Waals surface area contributed by atoms with E-state index in [1.54, 1.807) is 11.3 Å². The molecule has 5 heteroatoms. The van der Waals surface area contributed by atoms with Crippen molar-refractivity contribution >= 4 is 17.4 Å². The first-order valence-corrected chi connectivity index (χ1v) is 6.30. The molecule has 4 nitrogen and oxygen atoms in total. The zero-order valence-corrected chi connectivity index (χ0v) is 9.74. The molecule has 1 aromatic rings. The largest absolute Gasteiger partial charge is 0.465 e. The van der Waals surface area contributed by atoms with Crippen molar-refractivity contribution in [1.82, 2.24) is 4.90 Å². The summed E-state index contributed by atoms with van der Waals surface area (Å²) in [6.07, 6.45) is 0.887. The van der Waals surface area contributed by atoms with E-state index in [2.05, 4.69) is 5.38 Å². The Morgan fingerprint density at radius 2 is 2.12 bits per heavy atom. The number of piperidine rings is 1. The highest BCUT2D eigenvalue weighted by Gasteiger charge is 2.24. The molecule has 1 aromatic heterocycles. The summed E-state index contributed by atoms with van der Waals surface area (Å²) in [7, 11) is 0. The highest BCUT2D eigenvalue weighted by molar-refractivity contribution is 7.08. The lowest BCUT2D eigenvalue weighted by Crippen LogP contribution is -2.36. The normalized spacial score (nSPS) is 17.7. The quantitative estimate of drug-likeness (QED) is 0.833. The number of hydrogen-bond acceptors (Lipinski definition) is 3. The lowest BCUT2D eigenvalue weighted by atomic mass is 9.89. The summed E-state index contributed by atoms with van der Waals surface area (Å²) in [4.78, 5) is 12.2. The van der Waals surface area contributed by atoms with E-state index in [1.165, 1.54) is 10.5 Å². The maximum Gasteiger partial charge on any atom is 0.407 e. The average Bonchev–Trinajstić information content (AvgIpc) is 2.77. The number of aliphatic hydroxyl groups excluding tert-OH is 1. The fourth-order valence-corrected chi connectivity index (χ4v) is 3.14. The number of likely N-dealkylation sites (tertiary alicyclic amines) is 1. The molecule has 1 aliphatic heterocycles. The fraction of sp³-hybridized carbons (Fsp3) is 0.545. The number of aliphatic hydroxyl groups is 1. The van der Waals surface area contributed by atoms with Gasteiger partial charge in [-0.25, -0.2) is 4.79 Å². The number of hydrogen-bond donors (Lipinski definition) is 2. The summed E-state index contributed by atoms with van der Waals surface area (Å²) in [6.45, 7) is 1.28. The first-order valence-electron chi connectivity index (χ1n) is 5.36. The highest BCUT2D eigenvalue weighted by atomic mass is 32.1. The molecule has 1 aliphatic rings. The number of rotatable bonds is 2. The van der Waals surface area contributed by atoms with Gasteiger partial charge >= 0.3 is 6.09 Å². The second kappa shape index (κ2) is 4.84. The molecule has 2 rings (SSSR count). The molecule has 2 heterocycles. The lowest BCUT2D eigenvalue weighted by molar-refractivity contribution is 0.132. The van der Waals surface area contributed by atoms with Gasteiger partial charge in [0.05, 0.1) is 6.61 Å². The van der Waals surface area contributed by atoms with Crippen LogP contribution in [0.25, 0.3) is 0 Å². The van der Waals surface area contributed by atoms with E-state index >= 15 is 0 Å². The van der Waals surface area contributed by atoms with Crippen LogP contribution in [0.1, 0.15) is 29.9 Å². The van der Waals surface area contributed by atoms with Gasteiger partial charge in [-0.1, -0.05) is 0 Å². The Balaban J connectivity index is 2.01. The molecule has 1 saturated heterocycles. The Labute approximate surface area is 98.1 Å². The van der Waals surface area contributed by atoms with Gasteiger partial charge in [0.25, 0.3) is 0 Å². The molecule has 2 N–H and O–H groups in total. The van der Waals surface area contributed by atoms with Crippen LogP contribution in [0.4, 0.5) is 4.79 Å². The summed E-state index contributed by atoms with van der Waals surface area (Å²) in [6, 6.07) is 0. The van der Waals surface area contributed by atoms with Gasteiger partial charge in [0.2, 0.25) is 0 Å². The van der Waals surface area contributed by atoms with Crippen molar-refractivity contribution in [2.45, 2.75) is 25.4 Å². The van der Waals surface area contributed by atoms with Crippen molar-refractivity contribution in [3.63, 3.8) is 0 Å². The van der Waals surface area contributed by atoms with Crippen LogP contribution in [0.2, 0.25) is 0 Å². The van der Waals surface area contributed by atoms with E-state index in [1.807, 2.05) is 5.38 Å². The topological polar surface area (TPSA) is 60.8 Å². The van der Waals surface area contributed by atoms with Crippen LogP contribution in [-0.2, 0) is 6.61 Å². The molecule has 1 amide bonds. The maximum absolute atomic E-state index is 10.8. The molecule has 0 aromatic carbocycles. The van der Waals surface area contributed by atoms with Crippen LogP contribution in [0.15, 0.2) is 10.8 Å². The van der Waals surface area contributed by atoms with Crippen molar-refractivity contribution in [3.8, 4) is 0 Å². The molecule has 0 atom stereocenters. The van der Waals surface area contributed by atoms with Gasteiger partial charge in [-0.2, -0.15) is 11.3 Å². The molecule has 0 saturated carbocycles. The third-order valence-electron chi connectivity index (χ3n) is 3.15. The number of carbonyl (C=O) groups is 1. The van der Waals surface area contributed by atoms with Gasteiger partial charge in [0.15, 0.2) is 0 Å². The van der Waals surface area contributed by atoms with Crippen LogP contribution in [0, 0.1) is 0 Å². The van der Waals surface area contributed by atoms with Gasteiger partial charge < -0.3 is 15.1 Å². The molecule has 0 aliphatic carbocycles. The molecule has 16 heavy (non-hydrogen) atoms. The van der Waals surface area contributed by atoms with E-state index < -0.39 is 6.09 Å². The monoisotopic (exact) mass is 241 g/mol. The zero-order valence-electron chi connectivity index (χ0n) is 8.93. The Kier molecular flexibility index (Phi) is 3.46. The Morgan fingerprint density at radius 3 is 2.69 bits per heavy atom. The van der Waals surface area contributed by atoms with Gasteiger partial charge in [-0.3, -0.25) is 0 Å². The Hall–Kier alpha value is -1.07. The summed E-state index contributed by atoms with van der Waals surface area (Å²) < 4.78 is 0. The number of amides is 1.